The smallest absolute Gasteiger partial charge is 0.124 e. The number of rotatable bonds is 5. The number of hydrogen-bond acceptors (Lipinski definition) is 1. The highest BCUT2D eigenvalue weighted by Gasteiger charge is 2.04. The largest absolute Gasteiger partial charge is 0.299 e. The Morgan fingerprint density at radius 2 is 2.00 bits per heavy atom. The standard InChI is InChI=1S/C12H17BrFN/c1-3-5-15(4-2)9-10-6-11(13)8-12(14)7-10/h6-8H,3-5,9H2,1-2H3. The fourth-order valence-corrected chi connectivity index (χ4v) is 2.14. The van der Waals surface area contributed by atoms with Crippen LogP contribution in [0.3, 0.4) is 0 Å². The normalized spacial score (nSPS) is 11.0. The van der Waals surface area contributed by atoms with Crippen molar-refractivity contribution in [2.45, 2.75) is 26.8 Å². The Morgan fingerprint density at radius 3 is 2.53 bits per heavy atom. The van der Waals surface area contributed by atoms with Crippen LogP contribution in [0.4, 0.5) is 4.39 Å². The molecule has 1 rings (SSSR count). The first-order valence-corrected chi connectivity index (χ1v) is 6.12. The van der Waals surface area contributed by atoms with Crippen molar-refractivity contribution in [1.82, 2.24) is 4.90 Å². The minimum Gasteiger partial charge on any atom is -0.299 e. The van der Waals surface area contributed by atoms with E-state index < -0.39 is 0 Å². The highest BCUT2D eigenvalue weighted by Crippen LogP contribution is 2.16. The molecule has 0 aliphatic rings. The Hall–Kier alpha value is -0.410. The molecule has 0 saturated heterocycles. The minimum absolute atomic E-state index is 0.174. The van der Waals surface area contributed by atoms with E-state index in [9.17, 15) is 4.39 Å². The van der Waals surface area contributed by atoms with Crippen molar-refractivity contribution in [2.75, 3.05) is 13.1 Å². The van der Waals surface area contributed by atoms with E-state index >= 15 is 0 Å². The highest BCUT2D eigenvalue weighted by molar-refractivity contribution is 9.10. The molecule has 3 heteroatoms. The summed E-state index contributed by atoms with van der Waals surface area (Å²) in [5.41, 5.74) is 1.03. The first-order chi connectivity index (χ1) is 7.15. The fourth-order valence-electron chi connectivity index (χ4n) is 1.63. The number of benzene rings is 1. The van der Waals surface area contributed by atoms with Crippen LogP contribution in [0, 0.1) is 5.82 Å². The van der Waals surface area contributed by atoms with Gasteiger partial charge in [-0.1, -0.05) is 29.8 Å². The number of halogens is 2. The third-order valence-electron chi connectivity index (χ3n) is 2.32. The van der Waals surface area contributed by atoms with Gasteiger partial charge in [-0.3, -0.25) is 4.90 Å². The Bertz CT molecular complexity index is 294. The molecule has 0 bridgehead atoms. The van der Waals surface area contributed by atoms with E-state index in [-0.39, 0.29) is 5.82 Å². The summed E-state index contributed by atoms with van der Waals surface area (Å²) in [5, 5.41) is 0. The van der Waals surface area contributed by atoms with E-state index in [1.54, 1.807) is 6.07 Å². The average Bonchev–Trinajstić information content (AvgIpc) is 2.15. The molecule has 0 unspecified atom stereocenters. The number of nitrogens with zero attached hydrogens (tertiary/aromatic N) is 1. The lowest BCUT2D eigenvalue weighted by atomic mass is 10.2. The van der Waals surface area contributed by atoms with Crippen molar-refractivity contribution in [3.05, 3.63) is 34.1 Å². The zero-order valence-electron chi connectivity index (χ0n) is 9.26. The second-order valence-electron chi connectivity index (χ2n) is 3.65. The number of hydrogen-bond donors (Lipinski definition) is 0. The van der Waals surface area contributed by atoms with Gasteiger partial charge in [0.15, 0.2) is 0 Å². The van der Waals surface area contributed by atoms with Crippen LogP contribution >= 0.6 is 15.9 Å². The first-order valence-electron chi connectivity index (χ1n) is 5.33. The Balaban J connectivity index is 2.69. The lowest BCUT2D eigenvalue weighted by molar-refractivity contribution is 0.280. The predicted octanol–water partition coefficient (Wildman–Crippen LogP) is 3.82. The SMILES string of the molecule is CCCN(CC)Cc1cc(F)cc(Br)c1. The molecule has 0 atom stereocenters. The van der Waals surface area contributed by atoms with Gasteiger partial charge in [-0.05, 0) is 43.3 Å². The molecule has 1 nitrogen and oxygen atoms in total. The summed E-state index contributed by atoms with van der Waals surface area (Å²) < 4.78 is 13.9. The summed E-state index contributed by atoms with van der Waals surface area (Å²) >= 11 is 3.31. The molecule has 0 aromatic heterocycles. The van der Waals surface area contributed by atoms with Gasteiger partial charge < -0.3 is 0 Å². The van der Waals surface area contributed by atoms with Crippen LogP contribution in [0.25, 0.3) is 0 Å². The summed E-state index contributed by atoms with van der Waals surface area (Å²) in [6.45, 7) is 7.17. The van der Waals surface area contributed by atoms with Crippen molar-refractivity contribution in [3.63, 3.8) is 0 Å². The topological polar surface area (TPSA) is 3.24 Å². The van der Waals surface area contributed by atoms with Crippen LogP contribution in [0.15, 0.2) is 22.7 Å². The van der Waals surface area contributed by atoms with E-state index in [4.69, 9.17) is 0 Å². The van der Waals surface area contributed by atoms with Gasteiger partial charge in [0, 0.05) is 11.0 Å². The summed E-state index contributed by atoms with van der Waals surface area (Å²) in [4.78, 5) is 2.31. The van der Waals surface area contributed by atoms with Gasteiger partial charge in [0.05, 0.1) is 0 Å². The van der Waals surface area contributed by atoms with Gasteiger partial charge in [0.25, 0.3) is 0 Å². The lowest BCUT2D eigenvalue weighted by Crippen LogP contribution is -2.23. The highest BCUT2D eigenvalue weighted by atomic mass is 79.9. The second-order valence-corrected chi connectivity index (χ2v) is 4.56. The van der Waals surface area contributed by atoms with Crippen LogP contribution in [0.1, 0.15) is 25.8 Å². The third kappa shape index (κ3) is 4.31. The van der Waals surface area contributed by atoms with Crippen molar-refractivity contribution >= 4 is 15.9 Å². The molecular weight excluding hydrogens is 257 g/mol. The fraction of sp³-hybridized carbons (Fsp3) is 0.500. The van der Waals surface area contributed by atoms with E-state index in [1.165, 1.54) is 6.07 Å². The van der Waals surface area contributed by atoms with Crippen molar-refractivity contribution in [2.24, 2.45) is 0 Å². The molecule has 0 fully saturated rings. The molecule has 0 aliphatic carbocycles. The molecule has 0 amide bonds. The van der Waals surface area contributed by atoms with Crippen molar-refractivity contribution in [1.29, 1.82) is 0 Å². The quantitative estimate of drug-likeness (QED) is 0.789. The molecule has 15 heavy (non-hydrogen) atoms. The van der Waals surface area contributed by atoms with Crippen molar-refractivity contribution < 1.29 is 4.39 Å². The Kier molecular flexibility index (Phi) is 5.26. The van der Waals surface area contributed by atoms with Gasteiger partial charge in [0.1, 0.15) is 5.82 Å². The molecule has 0 saturated carbocycles. The summed E-state index contributed by atoms with van der Waals surface area (Å²) in [7, 11) is 0. The van der Waals surface area contributed by atoms with Gasteiger partial charge in [-0.15, -0.1) is 0 Å². The zero-order chi connectivity index (χ0) is 11.3. The molecule has 1 aromatic carbocycles. The molecule has 0 heterocycles. The first kappa shape index (κ1) is 12.7. The Labute approximate surface area is 99.4 Å². The van der Waals surface area contributed by atoms with Gasteiger partial charge in [0.2, 0.25) is 0 Å². The van der Waals surface area contributed by atoms with E-state index in [1.807, 2.05) is 6.07 Å². The monoisotopic (exact) mass is 273 g/mol. The average molecular weight is 274 g/mol. The Morgan fingerprint density at radius 1 is 1.27 bits per heavy atom. The van der Waals surface area contributed by atoms with Crippen LogP contribution in [-0.2, 0) is 6.54 Å². The predicted molar refractivity (Wildman–Crippen MR) is 65.3 cm³/mol. The van der Waals surface area contributed by atoms with Crippen LogP contribution in [-0.4, -0.2) is 18.0 Å². The third-order valence-corrected chi connectivity index (χ3v) is 2.77. The maximum atomic E-state index is 13.1. The van der Waals surface area contributed by atoms with Gasteiger partial charge in [-0.2, -0.15) is 0 Å². The maximum absolute atomic E-state index is 13.1. The van der Waals surface area contributed by atoms with E-state index in [0.29, 0.717) is 0 Å². The van der Waals surface area contributed by atoms with Crippen LogP contribution < -0.4 is 0 Å². The molecular formula is C12H17BrFN. The molecule has 0 N–H and O–H groups in total. The van der Waals surface area contributed by atoms with Gasteiger partial charge in [-0.25, -0.2) is 4.39 Å². The maximum Gasteiger partial charge on any atom is 0.124 e. The molecule has 0 radical (unpaired) electrons. The molecule has 0 spiro atoms. The lowest BCUT2D eigenvalue weighted by Gasteiger charge is -2.19. The van der Waals surface area contributed by atoms with E-state index in [0.717, 1.165) is 36.1 Å². The van der Waals surface area contributed by atoms with Crippen LogP contribution in [0.5, 0.6) is 0 Å². The van der Waals surface area contributed by atoms with Crippen molar-refractivity contribution in [3.8, 4) is 0 Å². The summed E-state index contributed by atoms with van der Waals surface area (Å²) in [6.07, 6.45) is 1.13. The molecule has 0 aliphatic heterocycles. The summed E-state index contributed by atoms with van der Waals surface area (Å²) in [5.74, 6) is -0.174. The summed E-state index contributed by atoms with van der Waals surface area (Å²) in [6, 6.07) is 5.06. The van der Waals surface area contributed by atoms with Crippen LogP contribution in [0.2, 0.25) is 0 Å². The molecule has 84 valence electrons. The van der Waals surface area contributed by atoms with E-state index in [2.05, 4.69) is 34.7 Å². The molecule has 1 aromatic rings. The zero-order valence-corrected chi connectivity index (χ0v) is 10.8. The second kappa shape index (κ2) is 6.23. The minimum atomic E-state index is -0.174. The van der Waals surface area contributed by atoms with Gasteiger partial charge >= 0.3 is 0 Å².